The predicted molar refractivity (Wildman–Crippen MR) is 100 cm³/mol. The van der Waals surface area contributed by atoms with Gasteiger partial charge in [-0.15, -0.1) is 0 Å². The molecule has 0 atom stereocenters. The first-order valence-electron chi connectivity index (χ1n) is 8.39. The molecule has 136 valence electrons. The molecule has 2 aromatic carbocycles. The monoisotopic (exact) mass is 373 g/mol. The Kier molecular flexibility index (Phi) is 3.80. The van der Waals surface area contributed by atoms with E-state index in [1.54, 1.807) is 6.07 Å². The number of nitrogens with zero attached hydrogens (tertiary/aromatic N) is 2. The summed E-state index contributed by atoms with van der Waals surface area (Å²) in [5, 5.41) is 0. The molecule has 0 radical (unpaired) electrons. The zero-order valence-corrected chi connectivity index (χ0v) is 15.3. The molecule has 1 aliphatic heterocycles. The lowest BCUT2D eigenvalue weighted by molar-refractivity contribution is 0.553. The number of para-hydroxylation sites is 2. The third-order valence-corrected chi connectivity index (χ3v) is 6.42. The largest absolute Gasteiger partial charge is 0.417 e. The molecule has 1 aliphatic rings. The van der Waals surface area contributed by atoms with Crippen molar-refractivity contribution >= 4 is 32.5 Å². The zero-order valence-electron chi connectivity index (χ0n) is 14.5. The highest BCUT2D eigenvalue weighted by Gasteiger charge is 2.32. The van der Waals surface area contributed by atoms with Crippen molar-refractivity contribution in [2.45, 2.75) is 24.8 Å². The Morgan fingerprint density at radius 1 is 1.08 bits per heavy atom. The average Bonchev–Trinajstić information content (AvgIpc) is 2.99. The van der Waals surface area contributed by atoms with Crippen molar-refractivity contribution in [3.05, 3.63) is 53.0 Å². The number of H-pyrrole nitrogens is 1. The molecule has 0 spiro atoms. The Labute approximate surface area is 150 Å². The highest BCUT2D eigenvalue weighted by Crippen LogP contribution is 2.37. The number of hydrogen-bond acceptors (Lipinski definition) is 5. The quantitative estimate of drug-likeness (QED) is 0.762. The zero-order chi connectivity index (χ0) is 18.5. The highest BCUT2D eigenvalue weighted by atomic mass is 32.2. The summed E-state index contributed by atoms with van der Waals surface area (Å²) in [6.45, 7) is 5.13. The first-order chi connectivity index (χ1) is 12.4. The third kappa shape index (κ3) is 2.57. The van der Waals surface area contributed by atoms with Gasteiger partial charge in [0.05, 0.1) is 28.3 Å². The van der Waals surface area contributed by atoms with Gasteiger partial charge in [0.25, 0.3) is 10.0 Å². The number of rotatable bonds is 3. The minimum Gasteiger partial charge on any atom is -0.408 e. The first-order valence-corrected chi connectivity index (χ1v) is 9.83. The number of hydrogen-bond donors (Lipinski definition) is 1. The van der Waals surface area contributed by atoms with Gasteiger partial charge in [-0.2, -0.15) is 0 Å². The maximum absolute atomic E-state index is 13.3. The Hall–Kier alpha value is -2.74. The Morgan fingerprint density at radius 3 is 2.54 bits per heavy atom. The summed E-state index contributed by atoms with van der Waals surface area (Å²) in [4.78, 5) is 16.1. The summed E-state index contributed by atoms with van der Waals surface area (Å²) in [5.41, 5.74) is 2.25. The van der Waals surface area contributed by atoms with E-state index in [1.165, 1.54) is 16.4 Å². The normalized spacial score (nSPS) is 14.9. The lowest BCUT2D eigenvalue weighted by atomic mass is 10.1. The SMILES string of the molecule is CC(C)N1CCN(S(=O)(=O)c2ccc3[nH]c(=O)oc3c2)c2ccccc21. The molecule has 0 fully saturated rings. The number of benzene rings is 2. The highest BCUT2D eigenvalue weighted by molar-refractivity contribution is 7.92. The van der Waals surface area contributed by atoms with Crippen LogP contribution in [0.5, 0.6) is 0 Å². The molecule has 7 nitrogen and oxygen atoms in total. The third-order valence-electron chi connectivity index (χ3n) is 4.61. The Morgan fingerprint density at radius 2 is 1.81 bits per heavy atom. The lowest BCUT2D eigenvalue weighted by Gasteiger charge is -2.40. The van der Waals surface area contributed by atoms with Crippen molar-refractivity contribution in [3.8, 4) is 0 Å². The van der Waals surface area contributed by atoms with Crippen LogP contribution in [0, 0.1) is 0 Å². The fourth-order valence-electron chi connectivity index (χ4n) is 3.36. The average molecular weight is 373 g/mol. The van der Waals surface area contributed by atoms with Crippen LogP contribution in [0.15, 0.2) is 56.6 Å². The summed E-state index contributed by atoms with van der Waals surface area (Å²) in [6, 6.07) is 12.2. The smallest absolute Gasteiger partial charge is 0.408 e. The van der Waals surface area contributed by atoms with Crippen molar-refractivity contribution < 1.29 is 12.8 Å². The second kappa shape index (κ2) is 5.91. The van der Waals surface area contributed by atoms with E-state index < -0.39 is 15.8 Å². The maximum Gasteiger partial charge on any atom is 0.417 e. The van der Waals surface area contributed by atoms with Gasteiger partial charge in [0.15, 0.2) is 5.58 Å². The van der Waals surface area contributed by atoms with E-state index in [-0.39, 0.29) is 16.5 Å². The van der Waals surface area contributed by atoms with E-state index in [2.05, 4.69) is 23.7 Å². The molecule has 1 N–H and O–H groups in total. The number of sulfonamides is 1. The number of aromatic amines is 1. The van der Waals surface area contributed by atoms with Crippen LogP contribution in [0.1, 0.15) is 13.8 Å². The van der Waals surface area contributed by atoms with E-state index in [0.29, 0.717) is 24.3 Å². The molecule has 4 rings (SSSR count). The molecule has 0 bridgehead atoms. The van der Waals surface area contributed by atoms with Crippen LogP contribution in [-0.2, 0) is 10.0 Å². The molecular weight excluding hydrogens is 354 g/mol. The van der Waals surface area contributed by atoms with E-state index in [9.17, 15) is 13.2 Å². The minimum absolute atomic E-state index is 0.0977. The van der Waals surface area contributed by atoms with Crippen LogP contribution in [-0.4, -0.2) is 32.5 Å². The Bertz CT molecular complexity index is 1130. The Balaban J connectivity index is 1.82. The summed E-state index contributed by atoms with van der Waals surface area (Å²) in [7, 11) is -3.78. The molecule has 0 saturated carbocycles. The molecule has 2 heterocycles. The van der Waals surface area contributed by atoms with Gasteiger partial charge in [-0.1, -0.05) is 12.1 Å². The van der Waals surface area contributed by atoms with Crippen molar-refractivity contribution in [2.24, 2.45) is 0 Å². The fraction of sp³-hybridized carbons (Fsp3) is 0.278. The second-order valence-corrected chi connectivity index (χ2v) is 8.39. The van der Waals surface area contributed by atoms with Gasteiger partial charge in [-0.3, -0.25) is 9.29 Å². The molecule has 1 aromatic heterocycles. The molecule has 26 heavy (non-hydrogen) atoms. The van der Waals surface area contributed by atoms with Gasteiger partial charge in [0.2, 0.25) is 0 Å². The molecule has 0 unspecified atom stereocenters. The van der Waals surface area contributed by atoms with Crippen LogP contribution >= 0.6 is 0 Å². The van der Waals surface area contributed by atoms with E-state index >= 15 is 0 Å². The summed E-state index contributed by atoms with van der Waals surface area (Å²) in [6.07, 6.45) is 0. The number of aromatic nitrogens is 1. The maximum atomic E-state index is 13.3. The lowest BCUT2D eigenvalue weighted by Crippen LogP contribution is -2.46. The van der Waals surface area contributed by atoms with Crippen LogP contribution < -0.4 is 15.0 Å². The van der Waals surface area contributed by atoms with E-state index in [1.807, 2.05) is 24.3 Å². The number of anilines is 2. The number of nitrogens with one attached hydrogen (secondary N) is 1. The van der Waals surface area contributed by atoms with E-state index in [0.717, 1.165) is 5.69 Å². The molecular formula is C18H19N3O4S. The van der Waals surface area contributed by atoms with Crippen molar-refractivity contribution in [1.29, 1.82) is 0 Å². The van der Waals surface area contributed by atoms with Crippen molar-refractivity contribution in [2.75, 3.05) is 22.3 Å². The second-order valence-electron chi connectivity index (χ2n) is 6.53. The van der Waals surface area contributed by atoms with Gasteiger partial charge in [0.1, 0.15) is 0 Å². The van der Waals surface area contributed by atoms with Crippen LogP contribution in [0.2, 0.25) is 0 Å². The fourth-order valence-corrected chi connectivity index (χ4v) is 4.84. The predicted octanol–water partition coefficient (Wildman–Crippen LogP) is 2.54. The minimum atomic E-state index is -3.78. The topological polar surface area (TPSA) is 86.6 Å². The summed E-state index contributed by atoms with van der Waals surface area (Å²) < 4.78 is 32.9. The van der Waals surface area contributed by atoms with Crippen LogP contribution in [0.4, 0.5) is 11.4 Å². The van der Waals surface area contributed by atoms with Gasteiger partial charge in [0, 0.05) is 18.7 Å². The summed E-state index contributed by atoms with van der Waals surface area (Å²) in [5.74, 6) is -0.606. The van der Waals surface area contributed by atoms with Crippen LogP contribution in [0.3, 0.4) is 0 Å². The summed E-state index contributed by atoms with van der Waals surface area (Å²) >= 11 is 0. The first kappa shape index (κ1) is 16.7. The van der Waals surface area contributed by atoms with Crippen LogP contribution in [0.25, 0.3) is 11.1 Å². The van der Waals surface area contributed by atoms with Gasteiger partial charge in [-0.05, 0) is 38.1 Å². The molecule has 3 aromatic rings. The van der Waals surface area contributed by atoms with Crippen molar-refractivity contribution in [3.63, 3.8) is 0 Å². The molecule has 0 amide bonds. The standard InChI is InChI=1S/C18H19N3O4S/c1-12(2)20-9-10-21(16-6-4-3-5-15(16)20)26(23,24)13-7-8-14-17(11-13)25-18(22)19-14/h3-8,11-12H,9-10H2,1-2H3,(H,19,22). The molecule has 0 aliphatic carbocycles. The van der Waals surface area contributed by atoms with Gasteiger partial charge >= 0.3 is 5.76 Å². The van der Waals surface area contributed by atoms with Gasteiger partial charge < -0.3 is 9.32 Å². The molecule has 0 saturated heterocycles. The van der Waals surface area contributed by atoms with Gasteiger partial charge in [-0.25, -0.2) is 13.2 Å². The molecule has 8 heteroatoms. The van der Waals surface area contributed by atoms with E-state index in [4.69, 9.17) is 4.42 Å². The number of oxazole rings is 1. The van der Waals surface area contributed by atoms with Crippen molar-refractivity contribution in [1.82, 2.24) is 4.98 Å². The number of fused-ring (bicyclic) bond motifs is 2.